The average molecular weight is 429 g/mol. The van der Waals surface area contributed by atoms with Crippen LogP contribution >= 0.6 is 0 Å². The second-order valence-electron chi connectivity index (χ2n) is 7.60. The number of halogens is 3. The molecule has 1 fully saturated rings. The Kier molecular flexibility index (Phi) is 5.82. The summed E-state index contributed by atoms with van der Waals surface area (Å²) in [6, 6.07) is 9.78. The number of carbonyl (C=O) groups is 1. The largest absolute Gasteiger partial charge is 0.457 e. The molecule has 4 rings (SSSR count). The maximum absolute atomic E-state index is 13.0. The molecule has 1 aliphatic rings. The van der Waals surface area contributed by atoms with Gasteiger partial charge in [-0.25, -0.2) is 4.98 Å². The van der Waals surface area contributed by atoms with E-state index in [0.717, 1.165) is 54.9 Å². The van der Waals surface area contributed by atoms with E-state index in [9.17, 15) is 18.0 Å². The SMILES string of the molecule is Cn1c(-c2ccc(Oc3cc(C(F)(F)F)ccc3C=O)cc2)cnc1CN1CCCC1. The fourth-order valence-corrected chi connectivity index (χ4v) is 3.72. The highest BCUT2D eigenvalue weighted by atomic mass is 19.4. The van der Waals surface area contributed by atoms with Crippen LogP contribution in [0.1, 0.15) is 34.6 Å². The minimum atomic E-state index is -4.52. The monoisotopic (exact) mass is 429 g/mol. The molecule has 5 nitrogen and oxygen atoms in total. The first-order valence-corrected chi connectivity index (χ1v) is 10.0. The summed E-state index contributed by atoms with van der Waals surface area (Å²) >= 11 is 0. The normalized spacial score (nSPS) is 14.7. The maximum atomic E-state index is 13.0. The molecule has 0 spiro atoms. The third-order valence-corrected chi connectivity index (χ3v) is 5.49. The van der Waals surface area contributed by atoms with E-state index < -0.39 is 11.7 Å². The number of aromatic nitrogens is 2. The van der Waals surface area contributed by atoms with Crippen LogP contribution in [0.3, 0.4) is 0 Å². The number of hydrogen-bond acceptors (Lipinski definition) is 4. The van der Waals surface area contributed by atoms with Crippen molar-refractivity contribution in [1.29, 1.82) is 0 Å². The van der Waals surface area contributed by atoms with Crippen LogP contribution in [0, 0.1) is 0 Å². The minimum absolute atomic E-state index is 0.0512. The highest BCUT2D eigenvalue weighted by molar-refractivity contribution is 5.79. The highest BCUT2D eigenvalue weighted by Gasteiger charge is 2.31. The second-order valence-corrected chi connectivity index (χ2v) is 7.60. The van der Waals surface area contributed by atoms with Gasteiger partial charge in [0.25, 0.3) is 0 Å². The van der Waals surface area contributed by atoms with Crippen molar-refractivity contribution in [2.45, 2.75) is 25.6 Å². The van der Waals surface area contributed by atoms with Crippen LogP contribution in [-0.2, 0) is 19.8 Å². The van der Waals surface area contributed by atoms with E-state index in [4.69, 9.17) is 4.74 Å². The molecule has 0 radical (unpaired) electrons. The van der Waals surface area contributed by atoms with Gasteiger partial charge in [0.15, 0.2) is 6.29 Å². The van der Waals surface area contributed by atoms with Crippen molar-refractivity contribution in [2.75, 3.05) is 13.1 Å². The zero-order valence-electron chi connectivity index (χ0n) is 17.0. The summed E-state index contributed by atoms with van der Waals surface area (Å²) in [5.41, 5.74) is 1.03. The van der Waals surface area contributed by atoms with E-state index in [0.29, 0.717) is 12.0 Å². The first-order valence-electron chi connectivity index (χ1n) is 10.0. The molecular weight excluding hydrogens is 407 g/mol. The lowest BCUT2D eigenvalue weighted by atomic mass is 10.1. The predicted molar refractivity (Wildman–Crippen MR) is 110 cm³/mol. The molecule has 31 heavy (non-hydrogen) atoms. The summed E-state index contributed by atoms with van der Waals surface area (Å²) in [7, 11) is 1.97. The van der Waals surface area contributed by atoms with Crippen molar-refractivity contribution >= 4 is 6.29 Å². The third-order valence-electron chi connectivity index (χ3n) is 5.49. The van der Waals surface area contributed by atoms with Gasteiger partial charge in [-0.15, -0.1) is 0 Å². The van der Waals surface area contributed by atoms with Crippen LogP contribution in [0.15, 0.2) is 48.7 Å². The van der Waals surface area contributed by atoms with Crippen molar-refractivity contribution in [1.82, 2.24) is 14.5 Å². The average Bonchev–Trinajstić information content (AvgIpc) is 3.39. The molecule has 0 N–H and O–H groups in total. The third kappa shape index (κ3) is 4.64. The Hall–Kier alpha value is -3.13. The lowest BCUT2D eigenvalue weighted by molar-refractivity contribution is -0.137. The quantitative estimate of drug-likeness (QED) is 0.499. The fraction of sp³-hybridized carbons (Fsp3) is 0.304. The van der Waals surface area contributed by atoms with Gasteiger partial charge in [-0.05, 0) is 68.4 Å². The summed E-state index contributed by atoms with van der Waals surface area (Å²) in [6.07, 6.45) is 0.211. The number of aldehydes is 1. The van der Waals surface area contributed by atoms with Gasteiger partial charge in [0.1, 0.15) is 17.3 Å². The summed E-state index contributed by atoms with van der Waals surface area (Å²) < 4.78 is 46.6. The van der Waals surface area contributed by atoms with Gasteiger partial charge in [-0.1, -0.05) is 0 Å². The number of rotatable bonds is 6. The summed E-state index contributed by atoms with van der Waals surface area (Å²) in [5, 5.41) is 0. The smallest absolute Gasteiger partial charge is 0.416 e. The first-order chi connectivity index (χ1) is 14.8. The van der Waals surface area contributed by atoms with E-state index in [1.807, 2.05) is 29.9 Å². The van der Waals surface area contributed by atoms with Crippen LogP contribution in [0.25, 0.3) is 11.3 Å². The molecular formula is C23H22F3N3O2. The Balaban J connectivity index is 1.53. The zero-order valence-corrected chi connectivity index (χ0v) is 17.0. The Bertz CT molecular complexity index is 1070. The summed E-state index contributed by atoms with van der Waals surface area (Å²) in [4.78, 5) is 18.1. The summed E-state index contributed by atoms with van der Waals surface area (Å²) in [6.45, 7) is 2.99. The molecule has 2 heterocycles. The Morgan fingerprint density at radius 3 is 2.45 bits per heavy atom. The number of ether oxygens (including phenoxy) is 1. The number of imidazole rings is 1. The van der Waals surface area contributed by atoms with Crippen molar-refractivity contribution in [2.24, 2.45) is 7.05 Å². The van der Waals surface area contributed by atoms with Gasteiger partial charge >= 0.3 is 6.18 Å². The lowest BCUT2D eigenvalue weighted by Gasteiger charge is -2.15. The maximum Gasteiger partial charge on any atom is 0.416 e. The zero-order chi connectivity index (χ0) is 22.0. The standard InChI is InChI=1S/C23H22F3N3O2/c1-28-20(13-27-22(28)14-29-10-2-3-11-29)16-5-8-19(9-6-16)31-21-12-18(23(24,25)26)7-4-17(21)15-30/h4-9,12-13,15H,2-3,10-11,14H2,1H3. The van der Waals surface area contributed by atoms with E-state index >= 15 is 0 Å². The van der Waals surface area contributed by atoms with Crippen LogP contribution in [-0.4, -0.2) is 33.8 Å². The van der Waals surface area contributed by atoms with Crippen LogP contribution in [0.5, 0.6) is 11.5 Å². The molecule has 0 bridgehead atoms. The number of alkyl halides is 3. The van der Waals surface area contributed by atoms with Gasteiger partial charge in [0.2, 0.25) is 0 Å². The van der Waals surface area contributed by atoms with Gasteiger partial charge in [0, 0.05) is 12.6 Å². The predicted octanol–water partition coefficient (Wildman–Crippen LogP) is 5.31. The molecule has 0 atom stereocenters. The number of benzene rings is 2. The topological polar surface area (TPSA) is 47.4 Å². The molecule has 8 heteroatoms. The summed E-state index contributed by atoms with van der Waals surface area (Å²) in [5.74, 6) is 1.19. The molecule has 3 aromatic rings. The van der Waals surface area contributed by atoms with Crippen molar-refractivity contribution in [3.8, 4) is 22.8 Å². The van der Waals surface area contributed by atoms with E-state index in [-0.39, 0.29) is 11.3 Å². The van der Waals surface area contributed by atoms with E-state index in [2.05, 4.69) is 9.88 Å². The van der Waals surface area contributed by atoms with Crippen molar-refractivity contribution in [3.05, 3.63) is 65.6 Å². The molecule has 2 aromatic carbocycles. The van der Waals surface area contributed by atoms with Gasteiger partial charge in [-0.2, -0.15) is 13.2 Å². The lowest BCUT2D eigenvalue weighted by Crippen LogP contribution is -2.20. The molecule has 0 unspecified atom stereocenters. The number of hydrogen-bond donors (Lipinski definition) is 0. The fourth-order valence-electron chi connectivity index (χ4n) is 3.72. The van der Waals surface area contributed by atoms with Crippen LogP contribution in [0.4, 0.5) is 13.2 Å². The molecule has 1 aliphatic heterocycles. The van der Waals surface area contributed by atoms with Gasteiger partial charge in [0.05, 0.1) is 29.6 Å². The second kappa shape index (κ2) is 8.55. The molecule has 0 aliphatic carbocycles. The van der Waals surface area contributed by atoms with Gasteiger partial charge < -0.3 is 9.30 Å². The molecule has 1 saturated heterocycles. The molecule has 1 aromatic heterocycles. The van der Waals surface area contributed by atoms with Crippen LogP contribution in [0.2, 0.25) is 0 Å². The van der Waals surface area contributed by atoms with Crippen LogP contribution < -0.4 is 4.74 Å². The number of likely N-dealkylation sites (tertiary alicyclic amines) is 1. The Labute approximate surface area is 178 Å². The van der Waals surface area contributed by atoms with Crippen molar-refractivity contribution in [3.63, 3.8) is 0 Å². The minimum Gasteiger partial charge on any atom is -0.457 e. The van der Waals surface area contributed by atoms with Gasteiger partial charge in [-0.3, -0.25) is 9.69 Å². The number of nitrogens with zero attached hydrogens (tertiary/aromatic N) is 3. The van der Waals surface area contributed by atoms with Crippen molar-refractivity contribution < 1.29 is 22.7 Å². The highest BCUT2D eigenvalue weighted by Crippen LogP contribution is 2.35. The molecule has 0 saturated carbocycles. The van der Waals surface area contributed by atoms with E-state index in [1.54, 1.807) is 12.1 Å². The molecule has 0 amide bonds. The Morgan fingerprint density at radius 1 is 1.10 bits per heavy atom. The first kappa shape index (κ1) is 21.1. The molecule has 162 valence electrons. The van der Waals surface area contributed by atoms with E-state index in [1.165, 1.54) is 12.8 Å². The number of carbonyl (C=O) groups excluding carboxylic acids is 1. The Morgan fingerprint density at radius 2 is 1.81 bits per heavy atom.